The van der Waals surface area contributed by atoms with Gasteiger partial charge in [-0.15, -0.1) is 0 Å². The third-order valence-electron chi connectivity index (χ3n) is 5.42. The van der Waals surface area contributed by atoms with Gasteiger partial charge in [0.15, 0.2) is 23.0 Å². The van der Waals surface area contributed by atoms with Crippen molar-refractivity contribution in [2.24, 2.45) is 0 Å². The van der Waals surface area contributed by atoms with Crippen LogP contribution in [0.15, 0.2) is 24.3 Å². The Morgan fingerprint density at radius 3 is 2.08 bits per heavy atom. The Morgan fingerprint density at radius 2 is 1.42 bits per heavy atom. The van der Waals surface area contributed by atoms with Gasteiger partial charge in [-0.2, -0.15) is 0 Å². The van der Waals surface area contributed by atoms with Gasteiger partial charge in [0.05, 0.1) is 20.3 Å². The van der Waals surface area contributed by atoms with E-state index in [1.165, 1.54) is 22.3 Å². The van der Waals surface area contributed by atoms with E-state index in [2.05, 4.69) is 36.2 Å². The van der Waals surface area contributed by atoms with Gasteiger partial charge in [-0.1, -0.05) is 0 Å². The van der Waals surface area contributed by atoms with Gasteiger partial charge >= 0.3 is 0 Å². The van der Waals surface area contributed by atoms with E-state index in [1.54, 1.807) is 14.2 Å². The molecule has 1 aliphatic carbocycles. The normalized spacial score (nSPS) is 23.0. The lowest BCUT2D eigenvalue weighted by atomic mass is 9.71. The second-order valence-corrected chi connectivity index (χ2v) is 6.57. The Morgan fingerprint density at radius 1 is 0.875 bits per heavy atom. The first-order valence-electron chi connectivity index (χ1n) is 8.10. The fraction of sp³-hybridized carbons (Fsp3) is 0.368. The lowest BCUT2D eigenvalue weighted by Gasteiger charge is -2.46. The summed E-state index contributed by atoms with van der Waals surface area (Å²) in [6, 6.07) is 8.75. The summed E-state index contributed by atoms with van der Waals surface area (Å²) in [5.74, 6) is 3.57. The van der Waals surface area contributed by atoms with E-state index < -0.39 is 0 Å². The van der Waals surface area contributed by atoms with E-state index >= 15 is 0 Å². The van der Waals surface area contributed by atoms with Gasteiger partial charge in [0, 0.05) is 12.5 Å². The Labute approximate surface area is 140 Å². The van der Waals surface area contributed by atoms with Crippen LogP contribution in [0.5, 0.6) is 23.0 Å². The molecule has 0 saturated carbocycles. The van der Waals surface area contributed by atoms with Gasteiger partial charge < -0.3 is 18.9 Å². The summed E-state index contributed by atoms with van der Waals surface area (Å²) in [6.07, 6.45) is 0. The van der Waals surface area contributed by atoms with Gasteiger partial charge in [-0.05, 0) is 53.6 Å². The summed E-state index contributed by atoms with van der Waals surface area (Å²) in [7, 11) is 5.54. The summed E-state index contributed by atoms with van der Waals surface area (Å²) in [5, 5.41) is 0. The smallest absolute Gasteiger partial charge is 0.231 e. The first-order valence-corrected chi connectivity index (χ1v) is 8.10. The van der Waals surface area contributed by atoms with Crippen molar-refractivity contribution in [3.63, 3.8) is 0 Å². The molecule has 5 heteroatoms. The summed E-state index contributed by atoms with van der Waals surface area (Å²) < 4.78 is 22.2. The fourth-order valence-corrected chi connectivity index (χ4v) is 4.36. The monoisotopic (exact) mass is 325 g/mol. The van der Waals surface area contributed by atoms with Crippen LogP contribution in [0.25, 0.3) is 0 Å². The zero-order chi connectivity index (χ0) is 16.4. The van der Waals surface area contributed by atoms with E-state index in [9.17, 15) is 0 Å². The van der Waals surface area contributed by atoms with Crippen LogP contribution in [0.1, 0.15) is 34.2 Å². The quantitative estimate of drug-likeness (QED) is 0.849. The Kier molecular flexibility index (Phi) is 2.80. The summed E-state index contributed by atoms with van der Waals surface area (Å²) in [4.78, 5) is 2.39. The molecule has 2 bridgehead atoms. The number of hydrogen-bond acceptors (Lipinski definition) is 5. The summed E-state index contributed by atoms with van der Waals surface area (Å²) >= 11 is 0. The second-order valence-electron chi connectivity index (χ2n) is 6.57. The molecule has 0 spiro atoms. The molecule has 0 amide bonds. The molecule has 0 radical (unpaired) electrons. The van der Waals surface area contributed by atoms with E-state index in [0.717, 1.165) is 29.5 Å². The van der Waals surface area contributed by atoms with Crippen molar-refractivity contribution in [3.8, 4) is 23.0 Å². The minimum Gasteiger partial charge on any atom is -0.493 e. The van der Waals surface area contributed by atoms with Crippen LogP contribution in [0.2, 0.25) is 0 Å². The van der Waals surface area contributed by atoms with Crippen LogP contribution in [0, 0.1) is 0 Å². The molecular formula is C19H19NO4. The molecule has 0 fully saturated rings. The van der Waals surface area contributed by atoms with Crippen LogP contribution in [-0.2, 0) is 0 Å². The van der Waals surface area contributed by atoms with Gasteiger partial charge in [-0.25, -0.2) is 0 Å². The SMILES string of the molecule is COc1cc2c(cc1OC)[C@H]1c3cc4c(cc3[C@@H]2CN1C)OCO4. The van der Waals surface area contributed by atoms with Gasteiger partial charge in [-0.3, -0.25) is 4.90 Å². The molecule has 0 N–H and O–H groups in total. The topological polar surface area (TPSA) is 40.2 Å². The van der Waals surface area contributed by atoms with Crippen LogP contribution >= 0.6 is 0 Å². The Hall–Kier alpha value is -2.40. The molecule has 5 nitrogen and oxygen atoms in total. The van der Waals surface area contributed by atoms with Crippen molar-refractivity contribution in [2.75, 3.05) is 34.6 Å². The molecule has 0 unspecified atom stereocenters. The number of benzene rings is 2. The van der Waals surface area contributed by atoms with E-state index in [0.29, 0.717) is 12.7 Å². The number of ether oxygens (including phenoxy) is 4. The highest BCUT2D eigenvalue weighted by atomic mass is 16.7. The maximum absolute atomic E-state index is 5.59. The summed E-state index contributed by atoms with van der Waals surface area (Å²) in [5.41, 5.74) is 5.25. The summed E-state index contributed by atoms with van der Waals surface area (Å²) in [6.45, 7) is 1.29. The van der Waals surface area contributed by atoms with Crippen LogP contribution in [0.4, 0.5) is 0 Å². The van der Waals surface area contributed by atoms with Crippen molar-refractivity contribution < 1.29 is 18.9 Å². The van der Waals surface area contributed by atoms with Crippen LogP contribution < -0.4 is 18.9 Å². The molecule has 2 atom stereocenters. The first kappa shape index (κ1) is 14.0. The highest BCUT2D eigenvalue weighted by molar-refractivity contribution is 5.63. The number of methoxy groups -OCH3 is 2. The van der Waals surface area contributed by atoms with Gasteiger partial charge in [0.25, 0.3) is 0 Å². The van der Waals surface area contributed by atoms with E-state index in [-0.39, 0.29) is 6.04 Å². The maximum atomic E-state index is 5.59. The molecule has 0 saturated heterocycles. The highest BCUT2D eigenvalue weighted by Crippen LogP contribution is 2.54. The fourth-order valence-electron chi connectivity index (χ4n) is 4.36. The number of hydrogen-bond donors (Lipinski definition) is 0. The lowest BCUT2D eigenvalue weighted by Crippen LogP contribution is -2.41. The molecule has 124 valence electrons. The minimum atomic E-state index is 0.203. The average Bonchev–Trinajstić information content (AvgIpc) is 3.06. The standard InChI is InChI=1S/C19H19NO4/c1-20-8-14-10-4-15(21-2)16(22-3)6-12(10)19(20)13-7-18-17(5-11(13)14)23-9-24-18/h4-7,14,19H,8-9H2,1-3H3/t14-,19+/m1/s1. The van der Waals surface area contributed by atoms with Crippen molar-refractivity contribution in [1.82, 2.24) is 4.90 Å². The van der Waals surface area contributed by atoms with Crippen molar-refractivity contribution in [3.05, 3.63) is 46.5 Å². The Bertz CT molecular complexity index is 848. The number of rotatable bonds is 2. The molecular weight excluding hydrogens is 306 g/mol. The number of likely N-dealkylation sites (N-methyl/N-ethyl adjacent to an activating group) is 1. The third kappa shape index (κ3) is 1.68. The zero-order valence-electron chi connectivity index (χ0n) is 14.0. The van der Waals surface area contributed by atoms with Crippen LogP contribution in [0.3, 0.4) is 0 Å². The molecule has 24 heavy (non-hydrogen) atoms. The van der Waals surface area contributed by atoms with Gasteiger partial charge in [0.1, 0.15) is 0 Å². The zero-order valence-corrected chi connectivity index (χ0v) is 14.0. The minimum absolute atomic E-state index is 0.203. The molecule has 0 aromatic heterocycles. The molecule has 2 aromatic carbocycles. The van der Waals surface area contributed by atoms with Crippen molar-refractivity contribution in [1.29, 1.82) is 0 Å². The second kappa shape index (κ2) is 4.80. The predicted octanol–water partition coefficient (Wildman–Crippen LogP) is 2.91. The van der Waals surface area contributed by atoms with E-state index in [1.807, 2.05) is 0 Å². The average molecular weight is 325 g/mol. The molecule has 3 aliphatic heterocycles. The van der Waals surface area contributed by atoms with E-state index in [4.69, 9.17) is 18.9 Å². The highest BCUT2D eigenvalue weighted by Gasteiger charge is 2.42. The molecule has 6 rings (SSSR count). The number of nitrogens with zero attached hydrogens (tertiary/aromatic N) is 1. The first-order chi connectivity index (χ1) is 11.7. The Balaban J connectivity index is 1.75. The maximum Gasteiger partial charge on any atom is 0.231 e. The third-order valence-corrected chi connectivity index (χ3v) is 5.42. The predicted molar refractivity (Wildman–Crippen MR) is 88.4 cm³/mol. The van der Waals surface area contributed by atoms with Crippen molar-refractivity contribution >= 4 is 0 Å². The van der Waals surface area contributed by atoms with Gasteiger partial charge in [0.2, 0.25) is 6.79 Å². The number of fused-ring (bicyclic) bond motifs is 2. The lowest BCUT2D eigenvalue weighted by molar-refractivity contribution is 0.174. The van der Waals surface area contributed by atoms with Crippen molar-refractivity contribution in [2.45, 2.75) is 12.0 Å². The molecule has 4 aliphatic rings. The largest absolute Gasteiger partial charge is 0.493 e. The molecule has 2 aromatic rings. The molecule has 3 heterocycles. The van der Waals surface area contributed by atoms with Crippen LogP contribution in [-0.4, -0.2) is 39.5 Å².